The summed E-state index contributed by atoms with van der Waals surface area (Å²) in [5.41, 5.74) is 1.75. The Balaban J connectivity index is 3.11. The number of hydrogen-bond acceptors (Lipinski definition) is 3. The zero-order valence-corrected chi connectivity index (χ0v) is 11.5. The van der Waals surface area contributed by atoms with Crippen molar-refractivity contribution in [3.05, 3.63) is 34.9 Å². The fraction of sp³-hybridized carbons (Fsp3) is 0.385. The summed E-state index contributed by atoms with van der Waals surface area (Å²) < 4.78 is 4.93. The lowest BCUT2D eigenvalue weighted by Crippen LogP contribution is -2.12. The van der Waals surface area contributed by atoms with Crippen molar-refractivity contribution in [2.75, 3.05) is 11.9 Å². The molecule has 0 aliphatic carbocycles. The zero-order valence-electron chi connectivity index (χ0n) is 9.96. The molecule has 1 aromatic carbocycles. The van der Waals surface area contributed by atoms with Gasteiger partial charge in [-0.3, -0.25) is 4.79 Å². The van der Waals surface area contributed by atoms with Gasteiger partial charge in [0.25, 0.3) is 0 Å². The van der Waals surface area contributed by atoms with Crippen molar-refractivity contribution < 1.29 is 14.3 Å². The first-order chi connectivity index (χ1) is 8.10. The topological polar surface area (TPSA) is 43.4 Å². The number of carbonyl (C=O) groups is 2. The highest BCUT2D eigenvalue weighted by atomic mass is 79.9. The molecule has 1 aromatic rings. The predicted molar refractivity (Wildman–Crippen MR) is 69.9 cm³/mol. The lowest BCUT2D eigenvalue weighted by atomic mass is 9.99. The molecular formula is C13H15BrO3. The molecule has 0 N–H and O–H groups in total. The molecule has 0 aromatic heterocycles. The van der Waals surface area contributed by atoms with E-state index in [1.165, 1.54) is 0 Å². The molecule has 0 saturated carbocycles. The van der Waals surface area contributed by atoms with Gasteiger partial charge in [0.1, 0.15) is 0 Å². The van der Waals surface area contributed by atoms with Crippen LogP contribution in [-0.2, 0) is 4.74 Å². The normalized spacial score (nSPS) is 10.1. The first-order valence-corrected chi connectivity index (χ1v) is 6.59. The van der Waals surface area contributed by atoms with E-state index in [-0.39, 0.29) is 5.78 Å². The van der Waals surface area contributed by atoms with Gasteiger partial charge in [-0.1, -0.05) is 27.6 Å². The van der Waals surface area contributed by atoms with Gasteiger partial charge in [-0.05, 0) is 26.0 Å². The third kappa shape index (κ3) is 3.66. The maximum atomic E-state index is 11.9. The van der Waals surface area contributed by atoms with E-state index in [4.69, 9.17) is 4.74 Å². The number of rotatable bonds is 5. The van der Waals surface area contributed by atoms with Gasteiger partial charge in [0.15, 0.2) is 5.78 Å². The zero-order chi connectivity index (χ0) is 12.8. The summed E-state index contributed by atoms with van der Waals surface area (Å²) in [6.45, 7) is 3.94. The summed E-state index contributed by atoms with van der Waals surface area (Å²) in [7, 11) is 0. The Morgan fingerprint density at radius 1 is 1.29 bits per heavy atom. The maximum Gasteiger partial charge on any atom is 0.338 e. The Hall–Kier alpha value is -1.16. The summed E-state index contributed by atoms with van der Waals surface area (Å²) in [6, 6.07) is 5.18. The van der Waals surface area contributed by atoms with Crippen molar-refractivity contribution in [1.29, 1.82) is 0 Å². The van der Waals surface area contributed by atoms with Gasteiger partial charge in [0.2, 0.25) is 0 Å². The van der Waals surface area contributed by atoms with Crippen molar-refractivity contribution in [3.8, 4) is 0 Å². The summed E-state index contributed by atoms with van der Waals surface area (Å²) in [5, 5.41) is 0.585. The standard InChI is InChI=1S/C13H15BrO3/c1-3-17-13(16)10-5-4-9(2)8-11(10)12(15)6-7-14/h4-5,8H,3,6-7H2,1-2H3. The predicted octanol–water partition coefficient (Wildman–Crippen LogP) is 3.14. The van der Waals surface area contributed by atoms with Crippen LogP contribution in [0.2, 0.25) is 0 Å². The minimum atomic E-state index is -0.439. The molecule has 0 aliphatic rings. The van der Waals surface area contributed by atoms with Gasteiger partial charge in [-0.2, -0.15) is 0 Å². The molecule has 0 amide bonds. The van der Waals surface area contributed by atoms with E-state index in [1.54, 1.807) is 25.1 Å². The molecule has 17 heavy (non-hydrogen) atoms. The molecule has 0 atom stereocenters. The average Bonchev–Trinajstić information content (AvgIpc) is 2.29. The van der Waals surface area contributed by atoms with Crippen LogP contribution in [0.1, 0.15) is 39.6 Å². The highest BCUT2D eigenvalue weighted by Gasteiger charge is 2.17. The van der Waals surface area contributed by atoms with Crippen molar-refractivity contribution in [3.63, 3.8) is 0 Å². The number of esters is 1. The summed E-state index contributed by atoms with van der Waals surface area (Å²) in [6.07, 6.45) is 0.371. The van der Waals surface area contributed by atoms with Crippen LogP contribution in [0.3, 0.4) is 0 Å². The number of ketones is 1. The van der Waals surface area contributed by atoms with Crippen molar-refractivity contribution in [2.24, 2.45) is 0 Å². The van der Waals surface area contributed by atoms with E-state index in [0.29, 0.717) is 29.5 Å². The Bertz CT molecular complexity index is 427. The van der Waals surface area contributed by atoms with Gasteiger partial charge < -0.3 is 4.74 Å². The van der Waals surface area contributed by atoms with E-state index >= 15 is 0 Å². The van der Waals surface area contributed by atoms with Crippen LogP contribution in [0, 0.1) is 6.92 Å². The first-order valence-electron chi connectivity index (χ1n) is 5.47. The number of carbonyl (C=O) groups excluding carboxylic acids is 2. The number of hydrogen-bond donors (Lipinski definition) is 0. The number of halogens is 1. The van der Waals surface area contributed by atoms with E-state index in [1.807, 2.05) is 6.92 Å². The number of ether oxygens (including phenoxy) is 1. The lowest BCUT2D eigenvalue weighted by Gasteiger charge is -2.08. The molecule has 1 rings (SSSR count). The van der Waals surface area contributed by atoms with Crippen LogP contribution >= 0.6 is 15.9 Å². The van der Waals surface area contributed by atoms with Crippen molar-refractivity contribution >= 4 is 27.7 Å². The monoisotopic (exact) mass is 298 g/mol. The van der Waals surface area contributed by atoms with Crippen molar-refractivity contribution in [1.82, 2.24) is 0 Å². The second-order valence-corrected chi connectivity index (χ2v) is 4.42. The van der Waals surface area contributed by atoms with Crippen LogP contribution < -0.4 is 0 Å². The molecule has 0 unspecified atom stereocenters. The largest absolute Gasteiger partial charge is 0.462 e. The molecule has 0 bridgehead atoms. The lowest BCUT2D eigenvalue weighted by molar-refractivity contribution is 0.0523. The molecule has 0 heterocycles. The van der Waals surface area contributed by atoms with Crippen LogP contribution in [0.25, 0.3) is 0 Å². The summed E-state index contributed by atoms with van der Waals surface area (Å²) in [4.78, 5) is 23.6. The Morgan fingerprint density at radius 3 is 2.59 bits per heavy atom. The minimum absolute atomic E-state index is 0.0476. The maximum absolute atomic E-state index is 11.9. The third-order valence-corrected chi connectivity index (χ3v) is 2.69. The molecule has 0 fully saturated rings. The molecule has 0 saturated heterocycles. The minimum Gasteiger partial charge on any atom is -0.462 e. The second-order valence-electron chi connectivity index (χ2n) is 3.63. The molecule has 3 nitrogen and oxygen atoms in total. The third-order valence-electron chi connectivity index (χ3n) is 2.29. The number of aryl methyl sites for hydroxylation is 1. The van der Waals surface area contributed by atoms with E-state index in [9.17, 15) is 9.59 Å². The Morgan fingerprint density at radius 2 is 2.00 bits per heavy atom. The first kappa shape index (κ1) is 13.9. The van der Waals surface area contributed by atoms with Gasteiger partial charge in [0, 0.05) is 17.3 Å². The quantitative estimate of drug-likeness (QED) is 0.476. The highest BCUT2D eigenvalue weighted by molar-refractivity contribution is 9.09. The smallest absolute Gasteiger partial charge is 0.338 e. The van der Waals surface area contributed by atoms with Crippen LogP contribution in [0.5, 0.6) is 0 Å². The summed E-state index contributed by atoms with van der Waals surface area (Å²) >= 11 is 3.22. The van der Waals surface area contributed by atoms with Crippen LogP contribution in [-0.4, -0.2) is 23.7 Å². The van der Waals surface area contributed by atoms with Crippen molar-refractivity contribution in [2.45, 2.75) is 20.3 Å². The van der Waals surface area contributed by atoms with E-state index < -0.39 is 5.97 Å². The molecule has 4 heteroatoms. The molecule has 0 aliphatic heterocycles. The fourth-order valence-electron chi connectivity index (χ4n) is 1.50. The number of benzene rings is 1. The highest BCUT2D eigenvalue weighted by Crippen LogP contribution is 2.16. The van der Waals surface area contributed by atoms with Crippen LogP contribution in [0.4, 0.5) is 0 Å². The van der Waals surface area contributed by atoms with E-state index in [2.05, 4.69) is 15.9 Å². The van der Waals surface area contributed by atoms with E-state index in [0.717, 1.165) is 5.56 Å². The molecule has 92 valence electrons. The number of alkyl halides is 1. The van der Waals surface area contributed by atoms with Gasteiger partial charge in [-0.15, -0.1) is 0 Å². The summed E-state index contributed by atoms with van der Waals surface area (Å²) in [5.74, 6) is -0.487. The Labute approximate surface area is 109 Å². The van der Waals surface area contributed by atoms with Gasteiger partial charge >= 0.3 is 5.97 Å². The molecular weight excluding hydrogens is 284 g/mol. The second kappa shape index (κ2) is 6.55. The fourth-order valence-corrected chi connectivity index (χ4v) is 1.86. The van der Waals surface area contributed by atoms with Gasteiger partial charge in [-0.25, -0.2) is 4.79 Å². The molecule has 0 spiro atoms. The van der Waals surface area contributed by atoms with Crippen LogP contribution in [0.15, 0.2) is 18.2 Å². The Kier molecular flexibility index (Phi) is 5.35. The van der Waals surface area contributed by atoms with Gasteiger partial charge in [0.05, 0.1) is 12.2 Å². The number of Topliss-reactive ketones (excluding diaryl/α,β-unsaturated/α-hetero) is 1. The SMILES string of the molecule is CCOC(=O)c1ccc(C)cc1C(=O)CCBr. The average molecular weight is 299 g/mol. The molecule has 0 radical (unpaired) electrons.